The molecule has 2 aliphatic heterocycles. The number of alkyl carbamates (subject to hydrolysis) is 1. The Kier molecular flexibility index (Phi) is 19.8. The van der Waals surface area contributed by atoms with Crippen molar-refractivity contribution >= 4 is 53.5 Å². The average molecular weight is 897 g/mol. The number of epoxide rings is 1. The summed E-state index contributed by atoms with van der Waals surface area (Å²) < 4.78 is 17.8. The number of likely N-dealkylation sites (tertiary alicyclic amines) is 1. The third-order valence-corrected chi connectivity index (χ3v) is 11.7. The summed E-state index contributed by atoms with van der Waals surface area (Å²) >= 11 is 0. The first kappa shape index (κ1) is 52.1. The number of hydrogen-bond acceptors (Lipinski definition) is 13. The van der Waals surface area contributed by atoms with E-state index in [-0.39, 0.29) is 55.2 Å². The predicted octanol–water partition coefficient (Wildman–Crippen LogP) is -2.30. The predicted molar refractivity (Wildman–Crippen MR) is 225 cm³/mol. The molecule has 2 saturated heterocycles. The molecule has 0 radical (unpaired) electrons. The Morgan fingerprint density at radius 1 is 0.905 bits per heavy atom. The molecule has 0 bridgehead atoms. The number of carboxylic acid groups (broad SMARTS) is 1. The number of rotatable bonds is 25. The van der Waals surface area contributed by atoms with E-state index in [9.17, 15) is 48.6 Å². The third kappa shape index (κ3) is 15.8. The number of guanidine groups is 1. The van der Waals surface area contributed by atoms with E-state index in [0.717, 1.165) is 24.2 Å². The van der Waals surface area contributed by atoms with Gasteiger partial charge in [0.05, 0.1) is 31.8 Å². The highest BCUT2D eigenvalue weighted by atomic mass is 16.6. The zero-order valence-corrected chi connectivity index (χ0v) is 36.9. The fraction of sp³-hybridized carbons (Fsp3) is 0.775. The number of amides is 7. The lowest BCUT2D eigenvalue weighted by Crippen LogP contribution is -2.58. The summed E-state index contributed by atoms with van der Waals surface area (Å²) in [4.78, 5) is 107. The Labute approximate surface area is 367 Å². The van der Waals surface area contributed by atoms with Crippen LogP contribution in [-0.4, -0.2) is 157 Å². The second-order valence-electron chi connectivity index (χ2n) is 17.5. The molecular weight excluding hydrogens is 828 g/mol. The normalized spacial score (nSPS) is 23.1. The molecule has 356 valence electrons. The zero-order chi connectivity index (χ0) is 47.1. The molecular formula is C40H68N10O13. The van der Waals surface area contributed by atoms with Gasteiger partial charge in [-0.2, -0.15) is 0 Å². The summed E-state index contributed by atoms with van der Waals surface area (Å²) in [5.74, 6) is -6.57. The second-order valence-corrected chi connectivity index (χ2v) is 17.5. The van der Waals surface area contributed by atoms with Crippen molar-refractivity contribution in [3.05, 3.63) is 0 Å². The van der Waals surface area contributed by atoms with Crippen LogP contribution in [0.3, 0.4) is 0 Å². The number of nitrogens with one attached hydrogen (secondary N) is 5. The largest absolute Gasteiger partial charge is 0.481 e. The monoisotopic (exact) mass is 896 g/mol. The number of carbonyl (C=O) groups excluding carboxylic acids is 7. The number of aliphatic hydroxyl groups is 1. The standard InChI is InChI=1S/C40H68N10O13/c1-22(2)9-6-13-39(3,4)32-31(61-5)27(12-14-40(32)21-62-40)63-38(60)46-19-29(53)47-23(10-7-15-44-37(42)43)34(57)45-18-28(52)48-24(17-30(54)55)35(58)49-25(20-51)36(59)50-16-8-11-26(50)33(41)56/h22-27,31-32,51H,6-21H2,1-5H3,(H2,41,56)(H,45,57)(H,46,60)(H,47,53)(H,48,52)(H,49,58)(H,54,55)(H4,42,43,44)/t23-,24-,25-,26?,27+,31+,32+,40-/m0/s1. The van der Waals surface area contributed by atoms with Gasteiger partial charge in [0, 0.05) is 26.1 Å². The van der Waals surface area contributed by atoms with Crippen LogP contribution in [0, 0.1) is 17.3 Å². The van der Waals surface area contributed by atoms with Crippen LogP contribution in [-0.2, 0) is 47.8 Å². The first-order chi connectivity index (χ1) is 29.6. The maximum Gasteiger partial charge on any atom is 0.407 e. The van der Waals surface area contributed by atoms with E-state index in [4.69, 9.17) is 31.4 Å². The summed E-state index contributed by atoms with van der Waals surface area (Å²) in [6, 6.07) is -5.57. The van der Waals surface area contributed by atoms with Gasteiger partial charge in [0.15, 0.2) is 5.96 Å². The zero-order valence-electron chi connectivity index (χ0n) is 36.9. The van der Waals surface area contributed by atoms with Crippen molar-refractivity contribution < 1.29 is 62.8 Å². The molecule has 23 nitrogen and oxygen atoms in total. The Bertz CT molecular complexity index is 1670. The number of primary amides is 1. The number of aliphatic imine (C=N–C) groups is 1. The van der Waals surface area contributed by atoms with Crippen LogP contribution in [0.4, 0.5) is 4.79 Å². The number of methoxy groups -OCH3 is 1. The summed E-state index contributed by atoms with van der Waals surface area (Å²) in [5.41, 5.74) is 15.6. The van der Waals surface area contributed by atoms with Gasteiger partial charge < -0.3 is 73.1 Å². The van der Waals surface area contributed by atoms with Crippen molar-refractivity contribution in [2.45, 2.75) is 134 Å². The highest BCUT2D eigenvalue weighted by Gasteiger charge is 2.63. The molecule has 63 heavy (non-hydrogen) atoms. The van der Waals surface area contributed by atoms with Crippen LogP contribution in [0.15, 0.2) is 4.99 Å². The van der Waals surface area contributed by atoms with Gasteiger partial charge in [-0.05, 0) is 56.3 Å². The van der Waals surface area contributed by atoms with E-state index in [1.54, 1.807) is 7.11 Å². The minimum atomic E-state index is -1.76. The summed E-state index contributed by atoms with van der Waals surface area (Å²) in [6.07, 6.45) is 2.23. The molecule has 1 unspecified atom stereocenters. The molecule has 0 aromatic carbocycles. The minimum absolute atomic E-state index is 0.0234. The molecule has 8 atom stereocenters. The van der Waals surface area contributed by atoms with Gasteiger partial charge in [0.1, 0.15) is 42.9 Å². The van der Waals surface area contributed by atoms with E-state index in [1.807, 2.05) is 0 Å². The van der Waals surface area contributed by atoms with Crippen molar-refractivity contribution in [1.82, 2.24) is 31.5 Å². The van der Waals surface area contributed by atoms with E-state index in [1.165, 1.54) is 0 Å². The number of nitrogens with zero attached hydrogens (tertiary/aromatic N) is 2. The molecule has 1 saturated carbocycles. The van der Waals surface area contributed by atoms with E-state index >= 15 is 0 Å². The number of aliphatic carboxylic acids is 1. The molecule has 3 aliphatic rings. The maximum atomic E-state index is 13.3. The highest BCUT2D eigenvalue weighted by molar-refractivity contribution is 5.97. The quantitative estimate of drug-likeness (QED) is 0.0199. The number of nitrogens with two attached hydrogens (primary N) is 3. The van der Waals surface area contributed by atoms with Crippen molar-refractivity contribution in [3.63, 3.8) is 0 Å². The van der Waals surface area contributed by atoms with Crippen LogP contribution in [0.2, 0.25) is 0 Å². The SMILES string of the molecule is CO[C@H]1[C@H](C(C)(C)CCCC(C)C)[C@]2(CC[C@H]1OC(=O)NCC(=O)N[C@@H](CCCN=C(N)N)C(=O)NCC(=O)N[C@@H](CC(=O)O)C(=O)N[C@@H](CO)C(=O)N1CCCC1C(N)=O)CO2. The topological polar surface area (TPSA) is 362 Å². The van der Waals surface area contributed by atoms with Gasteiger partial charge in [0.25, 0.3) is 0 Å². The summed E-state index contributed by atoms with van der Waals surface area (Å²) in [6.45, 7) is 7.29. The Morgan fingerprint density at radius 3 is 2.13 bits per heavy atom. The van der Waals surface area contributed by atoms with Crippen molar-refractivity contribution in [2.24, 2.45) is 39.4 Å². The van der Waals surface area contributed by atoms with Crippen LogP contribution >= 0.6 is 0 Å². The van der Waals surface area contributed by atoms with Crippen LogP contribution < -0.4 is 43.8 Å². The first-order valence-electron chi connectivity index (χ1n) is 21.4. The Morgan fingerprint density at radius 2 is 1.56 bits per heavy atom. The van der Waals surface area contributed by atoms with Crippen molar-refractivity contribution in [2.75, 3.05) is 46.5 Å². The lowest BCUT2D eigenvalue weighted by atomic mass is 9.61. The van der Waals surface area contributed by atoms with Crippen LogP contribution in [0.5, 0.6) is 0 Å². The molecule has 3 rings (SSSR count). The Balaban J connectivity index is 1.59. The molecule has 23 heteroatoms. The van der Waals surface area contributed by atoms with Gasteiger partial charge >= 0.3 is 12.1 Å². The molecule has 0 aromatic rings. The second kappa shape index (κ2) is 24.0. The fourth-order valence-electron chi connectivity index (χ4n) is 8.58. The lowest BCUT2D eigenvalue weighted by molar-refractivity contribution is -0.143. The first-order valence-corrected chi connectivity index (χ1v) is 21.4. The summed E-state index contributed by atoms with van der Waals surface area (Å²) in [5, 5.41) is 30.9. The lowest BCUT2D eigenvalue weighted by Gasteiger charge is -2.48. The third-order valence-electron chi connectivity index (χ3n) is 11.7. The number of carbonyl (C=O) groups is 8. The van der Waals surface area contributed by atoms with Crippen LogP contribution in [0.25, 0.3) is 0 Å². The van der Waals surface area contributed by atoms with E-state index in [0.29, 0.717) is 31.8 Å². The highest BCUT2D eigenvalue weighted by Crippen LogP contribution is 2.56. The molecule has 2 heterocycles. The maximum absolute atomic E-state index is 13.3. The molecule has 0 aromatic heterocycles. The van der Waals surface area contributed by atoms with E-state index in [2.05, 4.69) is 59.3 Å². The fourth-order valence-corrected chi connectivity index (χ4v) is 8.58. The summed E-state index contributed by atoms with van der Waals surface area (Å²) in [7, 11) is 1.58. The van der Waals surface area contributed by atoms with Crippen molar-refractivity contribution in [1.29, 1.82) is 0 Å². The van der Waals surface area contributed by atoms with Gasteiger partial charge in [0.2, 0.25) is 35.4 Å². The number of hydrogen-bond donors (Lipinski definition) is 10. The van der Waals surface area contributed by atoms with E-state index < -0.39 is 110 Å². The number of aliphatic hydroxyl groups excluding tert-OH is 1. The van der Waals surface area contributed by atoms with Gasteiger partial charge in [-0.15, -0.1) is 0 Å². The van der Waals surface area contributed by atoms with Crippen LogP contribution in [0.1, 0.15) is 91.9 Å². The molecule has 3 fully saturated rings. The van der Waals surface area contributed by atoms with Gasteiger partial charge in [-0.25, -0.2) is 4.79 Å². The molecule has 7 amide bonds. The molecule has 13 N–H and O–H groups in total. The number of carboxylic acids is 1. The minimum Gasteiger partial charge on any atom is -0.481 e. The average Bonchev–Trinajstić information content (AvgIpc) is 3.78. The molecule has 1 spiro atoms. The smallest absolute Gasteiger partial charge is 0.407 e. The van der Waals surface area contributed by atoms with Crippen molar-refractivity contribution in [3.8, 4) is 0 Å². The van der Waals surface area contributed by atoms with Gasteiger partial charge in [-0.1, -0.05) is 40.5 Å². The molecule has 1 aliphatic carbocycles. The number of ether oxygens (including phenoxy) is 3. The Hall–Kier alpha value is -5.29. The van der Waals surface area contributed by atoms with Gasteiger partial charge in [-0.3, -0.25) is 38.6 Å².